The molecule has 3 aromatic carbocycles. The molecule has 0 N–H and O–H groups in total. The van der Waals surface area contributed by atoms with Gasteiger partial charge in [-0.2, -0.15) is 15.6 Å². The Balaban J connectivity index is 0. The molecule has 0 unspecified atom stereocenters. The molecule has 0 fully saturated rings. The van der Waals surface area contributed by atoms with E-state index in [0.717, 1.165) is 0 Å². The van der Waals surface area contributed by atoms with E-state index in [1.807, 2.05) is 0 Å². The van der Waals surface area contributed by atoms with Gasteiger partial charge in [0.25, 0.3) is 0 Å². The van der Waals surface area contributed by atoms with E-state index in [0.29, 0.717) is 0 Å². The molecular formula is C18H16Ca3O8P2. The monoisotopic (exact) mass is 542 g/mol. The van der Waals surface area contributed by atoms with Crippen LogP contribution in [-0.2, 0) is 22.0 Å². The Morgan fingerprint density at radius 2 is 1.06 bits per heavy atom. The topological polar surface area (TPSA) is 172 Å². The number of benzene rings is 3. The Hall–Kier alpha value is 2.18. The summed E-state index contributed by atoms with van der Waals surface area (Å²) in [5.74, 6) is 0. The van der Waals surface area contributed by atoms with Crippen molar-refractivity contribution < 1.29 is 38.5 Å². The van der Waals surface area contributed by atoms with E-state index in [9.17, 15) is 0 Å². The van der Waals surface area contributed by atoms with Gasteiger partial charge in [0.1, 0.15) is 0 Å². The van der Waals surface area contributed by atoms with Gasteiger partial charge < -0.3 is 38.5 Å². The molecule has 4 rings (SSSR count). The minimum Gasteiger partial charge on any atom is -0.822 e. The van der Waals surface area contributed by atoms with Crippen LogP contribution in [0.25, 0.3) is 21.5 Å². The van der Waals surface area contributed by atoms with Gasteiger partial charge >= 0.3 is 113 Å². The van der Waals surface area contributed by atoms with Gasteiger partial charge in [-0.05, 0) is 58.4 Å². The molecule has 0 atom stereocenters. The molecule has 0 saturated carbocycles. The molecule has 0 radical (unpaired) electrons. The third-order valence-electron chi connectivity index (χ3n) is 4.26. The fourth-order valence-electron chi connectivity index (χ4n) is 3.34. The predicted octanol–water partition coefficient (Wildman–Crippen LogP) is -1.92. The van der Waals surface area contributed by atoms with E-state index < -0.39 is 15.6 Å². The van der Waals surface area contributed by atoms with Crippen LogP contribution < -0.4 is 29.4 Å². The molecule has 0 amide bonds. The van der Waals surface area contributed by atoms with Crippen molar-refractivity contribution in [2.75, 3.05) is 0 Å². The quantitative estimate of drug-likeness (QED) is 0.180. The van der Waals surface area contributed by atoms with Crippen LogP contribution in [0.4, 0.5) is 0 Å². The van der Waals surface area contributed by atoms with Crippen LogP contribution in [0, 0.1) is 0 Å². The minimum absolute atomic E-state index is 0. The summed E-state index contributed by atoms with van der Waals surface area (Å²) in [6.07, 6.45) is 5.22. The van der Waals surface area contributed by atoms with E-state index in [1.165, 1.54) is 47.2 Å². The Labute approximate surface area is 269 Å². The molecule has 13 heteroatoms. The smallest absolute Gasteiger partial charge is 0.822 e. The zero-order valence-electron chi connectivity index (χ0n) is 16.7. The van der Waals surface area contributed by atoms with E-state index in [4.69, 9.17) is 38.5 Å². The van der Waals surface area contributed by atoms with Crippen molar-refractivity contribution in [3.8, 4) is 0 Å². The third kappa shape index (κ3) is 13.7. The Morgan fingerprint density at radius 3 is 1.65 bits per heavy atom. The number of aryl methyl sites for hydroxylation is 2. The van der Waals surface area contributed by atoms with Crippen molar-refractivity contribution in [3.63, 3.8) is 0 Å². The Bertz CT molecular complexity index is 1030. The average molecular weight is 542 g/mol. The predicted molar refractivity (Wildman–Crippen MR) is 111 cm³/mol. The molecule has 3 aromatic rings. The molecule has 8 nitrogen and oxygen atoms in total. The first-order valence-electron chi connectivity index (χ1n) is 8.32. The summed E-state index contributed by atoms with van der Waals surface area (Å²) in [5, 5.41) is 5.64. The molecular weight excluding hydrogens is 526 g/mol. The molecule has 0 heterocycles. The first-order valence-corrected chi connectivity index (χ1v) is 11.2. The van der Waals surface area contributed by atoms with Crippen LogP contribution in [0.5, 0.6) is 0 Å². The van der Waals surface area contributed by atoms with E-state index >= 15 is 0 Å². The molecule has 0 saturated heterocycles. The van der Waals surface area contributed by atoms with Crippen molar-refractivity contribution in [1.29, 1.82) is 0 Å². The van der Waals surface area contributed by atoms with Gasteiger partial charge in [-0.15, -0.1) is 0 Å². The zero-order valence-corrected chi connectivity index (χ0v) is 25.1. The van der Waals surface area contributed by atoms with Crippen LogP contribution in [0.3, 0.4) is 0 Å². The minimum atomic E-state index is -5.39. The molecule has 0 spiro atoms. The third-order valence-corrected chi connectivity index (χ3v) is 4.26. The maximum Gasteiger partial charge on any atom is 2.00 e. The zero-order chi connectivity index (χ0) is 20.9. The van der Waals surface area contributed by atoms with Gasteiger partial charge in [0, 0.05) is 0 Å². The summed E-state index contributed by atoms with van der Waals surface area (Å²) in [6, 6.07) is 18.0. The van der Waals surface area contributed by atoms with Gasteiger partial charge in [0.05, 0.1) is 0 Å². The van der Waals surface area contributed by atoms with E-state index in [2.05, 4.69) is 48.5 Å². The second-order valence-corrected chi connectivity index (χ2v) is 7.98. The van der Waals surface area contributed by atoms with E-state index in [-0.39, 0.29) is 113 Å². The van der Waals surface area contributed by atoms with E-state index in [1.54, 1.807) is 11.1 Å². The summed E-state index contributed by atoms with van der Waals surface area (Å²) < 4.78 is 17.1. The number of phosphoric acid groups is 2. The van der Waals surface area contributed by atoms with Gasteiger partial charge in [-0.3, -0.25) is 0 Å². The first-order chi connectivity index (χ1) is 12.9. The summed E-state index contributed by atoms with van der Waals surface area (Å²) in [6.45, 7) is 0. The summed E-state index contributed by atoms with van der Waals surface area (Å²) in [4.78, 5) is 51.3. The van der Waals surface area contributed by atoms with Crippen molar-refractivity contribution in [1.82, 2.24) is 0 Å². The van der Waals surface area contributed by atoms with Crippen LogP contribution in [0.15, 0.2) is 48.5 Å². The Kier molecular flexibility index (Phi) is 18.3. The van der Waals surface area contributed by atoms with Crippen LogP contribution >= 0.6 is 15.6 Å². The van der Waals surface area contributed by atoms with Crippen molar-refractivity contribution in [3.05, 3.63) is 59.7 Å². The normalized spacial score (nSPS) is 12.5. The molecule has 0 aromatic heterocycles. The first kappa shape index (κ1) is 35.3. The molecule has 0 bridgehead atoms. The summed E-state index contributed by atoms with van der Waals surface area (Å²) in [7, 11) is -10.8. The summed E-state index contributed by atoms with van der Waals surface area (Å²) in [5.41, 5.74) is 3.17. The SMILES string of the molecule is O=P([O-])([O-])[O-].O=P([O-])([O-])[O-].[Ca+2].[Ca+2].[Ca+2].c1ccc2c(c1)ccc1c3c(ccc12)CCCC3. The van der Waals surface area contributed by atoms with Gasteiger partial charge in [-0.1, -0.05) is 48.5 Å². The number of rotatable bonds is 0. The van der Waals surface area contributed by atoms with Crippen molar-refractivity contribution in [2.24, 2.45) is 0 Å². The van der Waals surface area contributed by atoms with Crippen molar-refractivity contribution >= 4 is 150 Å². The van der Waals surface area contributed by atoms with Gasteiger partial charge in [-0.25, -0.2) is 0 Å². The Morgan fingerprint density at radius 1 is 0.581 bits per heavy atom. The van der Waals surface area contributed by atoms with Crippen LogP contribution in [-0.4, -0.2) is 113 Å². The average Bonchev–Trinajstić information content (AvgIpc) is 2.58. The van der Waals surface area contributed by atoms with Crippen LogP contribution in [0.2, 0.25) is 0 Å². The summed E-state index contributed by atoms with van der Waals surface area (Å²) >= 11 is 0. The maximum absolute atomic E-state index is 8.55. The fraction of sp³-hybridized carbons (Fsp3) is 0.222. The van der Waals surface area contributed by atoms with Crippen LogP contribution in [0.1, 0.15) is 24.0 Å². The number of hydrogen-bond donors (Lipinski definition) is 0. The number of fused-ring (bicyclic) bond motifs is 5. The number of hydrogen-bond acceptors (Lipinski definition) is 8. The van der Waals surface area contributed by atoms with Gasteiger partial charge in [0.2, 0.25) is 0 Å². The largest absolute Gasteiger partial charge is 2.00 e. The van der Waals surface area contributed by atoms with Gasteiger partial charge in [0.15, 0.2) is 0 Å². The second kappa shape index (κ2) is 16.0. The molecule has 152 valence electrons. The molecule has 1 aliphatic carbocycles. The van der Waals surface area contributed by atoms with Crippen molar-refractivity contribution in [2.45, 2.75) is 25.7 Å². The fourth-order valence-corrected chi connectivity index (χ4v) is 3.34. The molecule has 31 heavy (non-hydrogen) atoms. The molecule has 1 aliphatic rings. The molecule has 0 aliphatic heterocycles. The standard InChI is InChI=1S/C18H16.3Ca.2H3O4P/c1-3-7-15-13(5-1)9-11-18-16-8-4-2-6-14(16)10-12-17(15)18;;;;2*1-5(2,3)4/h1,3,5,7,9-12H,2,4,6,8H2;;;;2*(H3,1,2,3,4)/q;3*+2;;/p-6. The second-order valence-electron chi connectivity index (χ2n) is 6.19. The maximum atomic E-state index is 8.55.